The van der Waals surface area contributed by atoms with Crippen molar-refractivity contribution in [2.45, 2.75) is 11.8 Å². The van der Waals surface area contributed by atoms with Crippen LogP contribution in [0, 0.1) is 0 Å². The Kier molecular flexibility index (Phi) is 4.85. The van der Waals surface area contributed by atoms with E-state index in [4.69, 9.17) is 4.74 Å². The van der Waals surface area contributed by atoms with Gasteiger partial charge in [-0.3, -0.25) is 4.79 Å². The number of hydrogen-bond donors (Lipinski definition) is 1. The number of carbonyl (C=O) groups is 1. The Bertz CT molecular complexity index is 635. The summed E-state index contributed by atoms with van der Waals surface area (Å²) in [5.41, 5.74) is 0.905. The van der Waals surface area contributed by atoms with Gasteiger partial charge in [-0.15, -0.1) is 0 Å². The second kappa shape index (κ2) is 6.82. The lowest BCUT2D eigenvalue weighted by molar-refractivity contribution is -0.132. The summed E-state index contributed by atoms with van der Waals surface area (Å²) in [6.45, 7) is 1.38. The van der Waals surface area contributed by atoms with Crippen LogP contribution < -0.4 is 4.74 Å². The van der Waals surface area contributed by atoms with Gasteiger partial charge in [-0.1, -0.05) is 36.0 Å². The fourth-order valence-electron chi connectivity index (χ4n) is 1.60. The average molecular weight is 286 g/mol. The van der Waals surface area contributed by atoms with Crippen molar-refractivity contribution in [2.24, 2.45) is 0 Å². The second-order valence-corrected chi connectivity index (χ2v) is 5.00. The first-order valence-corrected chi connectivity index (χ1v) is 6.93. The van der Waals surface area contributed by atoms with E-state index in [0.717, 1.165) is 10.5 Å². The number of benzene rings is 2. The van der Waals surface area contributed by atoms with Crippen molar-refractivity contribution in [1.82, 2.24) is 0 Å². The molecule has 0 aliphatic rings. The van der Waals surface area contributed by atoms with Crippen molar-refractivity contribution in [2.75, 3.05) is 0 Å². The Balaban J connectivity index is 2.09. The van der Waals surface area contributed by atoms with Crippen molar-refractivity contribution in [3.63, 3.8) is 0 Å². The molecule has 102 valence electrons. The summed E-state index contributed by atoms with van der Waals surface area (Å²) in [6, 6.07) is 14.3. The predicted octanol–water partition coefficient (Wildman–Crippen LogP) is 4.08. The van der Waals surface area contributed by atoms with Gasteiger partial charge in [0, 0.05) is 6.92 Å². The molecule has 0 heterocycles. The third-order valence-electron chi connectivity index (χ3n) is 2.43. The van der Waals surface area contributed by atoms with Crippen molar-refractivity contribution >= 4 is 23.8 Å². The molecule has 0 saturated carbocycles. The topological polar surface area (TPSA) is 46.5 Å². The number of aromatic hydroxyl groups is 1. The number of carbonyl (C=O) groups excluding carboxylic acids is 1. The molecular weight excluding hydrogens is 272 g/mol. The standard InChI is InChI=1S/C16H14O3S/c1-12(17)19-15-7-2-3-8-16(15)20-10-9-13-5-4-6-14(18)11-13/h2-11,18H,1H3. The largest absolute Gasteiger partial charge is 0.508 e. The van der Waals surface area contributed by atoms with E-state index in [2.05, 4.69) is 0 Å². The van der Waals surface area contributed by atoms with Crippen molar-refractivity contribution in [3.8, 4) is 11.5 Å². The minimum Gasteiger partial charge on any atom is -0.508 e. The lowest BCUT2D eigenvalue weighted by atomic mass is 10.2. The van der Waals surface area contributed by atoms with E-state index < -0.39 is 0 Å². The van der Waals surface area contributed by atoms with Gasteiger partial charge in [0.1, 0.15) is 11.5 Å². The molecule has 0 unspecified atom stereocenters. The van der Waals surface area contributed by atoms with Crippen LogP contribution in [0.5, 0.6) is 11.5 Å². The molecule has 0 aromatic heterocycles. The summed E-state index contributed by atoms with van der Waals surface area (Å²) in [5, 5.41) is 11.3. The molecule has 0 aliphatic carbocycles. The van der Waals surface area contributed by atoms with Gasteiger partial charge in [-0.05, 0) is 41.3 Å². The molecule has 4 heteroatoms. The Hall–Kier alpha value is -2.20. The number of para-hydroxylation sites is 1. The fraction of sp³-hybridized carbons (Fsp3) is 0.0625. The number of esters is 1. The highest BCUT2D eigenvalue weighted by Crippen LogP contribution is 2.30. The van der Waals surface area contributed by atoms with Crippen LogP contribution in [0.1, 0.15) is 12.5 Å². The monoisotopic (exact) mass is 286 g/mol. The van der Waals surface area contributed by atoms with E-state index in [9.17, 15) is 9.90 Å². The molecule has 0 radical (unpaired) electrons. The second-order valence-electron chi connectivity index (χ2n) is 4.06. The maximum atomic E-state index is 11.0. The van der Waals surface area contributed by atoms with Crippen molar-refractivity contribution in [3.05, 3.63) is 59.5 Å². The van der Waals surface area contributed by atoms with Crippen LogP contribution in [-0.4, -0.2) is 11.1 Å². The van der Waals surface area contributed by atoms with Gasteiger partial charge in [0.05, 0.1) is 4.90 Å². The van der Waals surface area contributed by atoms with Gasteiger partial charge in [-0.25, -0.2) is 0 Å². The van der Waals surface area contributed by atoms with Crippen LogP contribution in [-0.2, 0) is 4.79 Å². The number of phenols is 1. The molecule has 0 amide bonds. The molecule has 0 atom stereocenters. The normalized spacial score (nSPS) is 10.7. The highest BCUT2D eigenvalue weighted by molar-refractivity contribution is 8.02. The average Bonchev–Trinajstić information content (AvgIpc) is 2.40. The first-order chi connectivity index (χ1) is 9.65. The first-order valence-electron chi connectivity index (χ1n) is 6.05. The lowest BCUT2D eigenvalue weighted by Gasteiger charge is -2.05. The first kappa shape index (κ1) is 14.2. The quantitative estimate of drug-likeness (QED) is 0.522. The maximum absolute atomic E-state index is 11.0. The van der Waals surface area contributed by atoms with E-state index in [0.29, 0.717) is 5.75 Å². The fourth-order valence-corrected chi connectivity index (χ4v) is 2.36. The molecule has 0 spiro atoms. The Morgan fingerprint density at radius 3 is 2.75 bits per heavy atom. The van der Waals surface area contributed by atoms with Crippen LogP contribution in [0.15, 0.2) is 58.8 Å². The third kappa shape index (κ3) is 4.17. The zero-order valence-electron chi connectivity index (χ0n) is 10.9. The number of thioether (sulfide) groups is 1. The van der Waals surface area contributed by atoms with E-state index in [1.807, 2.05) is 35.7 Å². The minimum atomic E-state index is -0.338. The van der Waals surface area contributed by atoms with E-state index >= 15 is 0 Å². The van der Waals surface area contributed by atoms with Gasteiger partial charge < -0.3 is 9.84 Å². The summed E-state index contributed by atoms with van der Waals surface area (Å²) in [5.74, 6) is 0.443. The molecule has 0 aliphatic heterocycles. The van der Waals surface area contributed by atoms with Gasteiger partial charge in [0.15, 0.2) is 0 Å². The molecule has 0 fully saturated rings. The molecule has 2 aromatic carbocycles. The summed E-state index contributed by atoms with van der Waals surface area (Å²) in [4.78, 5) is 11.9. The van der Waals surface area contributed by atoms with Crippen LogP contribution in [0.4, 0.5) is 0 Å². The molecule has 20 heavy (non-hydrogen) atoms. The molecule has 2 rings (SSSR count). The van der Waals surface area contributed by atoms with Crippen LogP contribution >= 0.6 is 11.8 Å². The Morgan fingerprint density at radius 1 is 1.20 bits per heavy atom. The van der Waals surface area contributed by atoms with Gasteiger partial charge in [0.25, 0.3) is 0 Å². The molecular formula is C16H14O3S. The van der Waals surface area contributed by atoms with E-state index in [1.165, 1.54) is 18.7 Å². The molecule has 0 bridgehead atoms. The zero-order valence-corrected chi connectivity index (χ0v) is 11.8. The van der Waals surface area contributed by atoms with Gasteiger partial charge in [-0.2, -0.15) is 0 Å². The van der Waals surface area contributed by atoms with Crippen molar-refractivity contribution < 1.29 is 14.6 Å². The van der Waals surface area contributed by atoms with E-state index in [-0.39, 0.29) is 11.7 Å². The molecule has 0 saturated heterocycles. The smallest absolute Gasteiger partial charge is 0.308 e. The van der Waals surface area contributed by atoms with E-state index in [1.54, 1.807) is 24.3 Å². The van der Waals surface area contributed by atoms with Gasteiger partial charge in [0.2, 0.25) is 0 Å². The predicted molar refractivity (Wildman–Crippen MR) is 80.7 cm³/mol. The summed E-state index contributed by atoms with van der Waals surface area (Å²) in [6.07, 6.45) is 1.88. The summed E-state index contributed by atoms with van der Waals surface area (Å²) < 4.78 is 5.13. The van der Waals surface area contributed by atoms with Crippen molar-refractivity contribution in [1.29, 1.82) is 0 Å². The van der Waals surface area contributed by atoms with Crippen LogP contribution in [0.2, 0.25) is 0 Å². The van der Waals surface area contributed by atoms with Crippen LogP contribution in [0.3, 0.4) is 0 Å². The Labute approximate surface area is 121 Å². The molecule has 1 N–H and O–H groups in total. The number of rotatable bonds is 4. The lowest BCUT2D eigenvalue weighted by Crippen LogP contribution is -2.01. The minimum absolute atomic E-state index is 0.234. The summed E-state index contributed by atoms with van der Waals surface area (Å²) in [7, 11) is 0. The molecule has 2 aromatic rings. The summed E-state index contributed by atoms with van der Waals surface area (Å²) >= 11 is 1.45. The number of hydrogen-bond acceptors (Lipinski definition) is 4. The maximum Gasteiger partial charge on any atom is 0.308 e. The third-order valence-corrected chi connectivity index (χ3v) is 3.29. The van der Waals surface area contributed by atoms with Crippen LogP contribution in [0.25, 0.3) is 6.08 Å². The Morgan fingerprint density at radius 2 is 2.00 bits per heavy atom. The highest BCUT2D eigenvalue weighted by Gasteiger charge is 2.04. The highest BCUT2D eigenvalue weighted by atomic mass is 32.2. The molecule has 3 nitrogen and oxygen atoms in total. The number of phenolic OH excluding ortho intramolecular Hbond substituents is 1. The SMILES string of the molecule is CC(=O)Oc1ccccc1SC=Cc1cccc(O)c1. The zero-order chi connectivity index (χ0) is 14.4. The number of ether oxygens (including phenoxy) is 1. The van der Waals surface area contributed by atoms with Gasteiger partial charge >= 0.3 is 5.97 Å².